The number of aryl methyl sites for hydroxylation is 1. The summed E-state index contributed by atoms with van der Waals surface area (Å²) in [5, 5.41) is 12.4. The van der Waals surface area contributed by atoms with Crippen LogP contribution >= 0.6 is 11.6 Å². The monoisotopic (exact) mass is 333 g/mol. The van der Waals surface area contributed by atoms with Gasteiger partial charge in [-0.3, -0.25) is 9.40 Å². The van der Waals surface area contributed by atoms with Crippen LogP contribution in [0.3, 0.4) is 0 Å². The lowest BCUT2D eigenvalue weighted by Crippen LogP contribution is -2.18. The fraction of sp³-hybridized carbons (Fsp3) is 0.0909. The summed E-state index contributed by atoms with van der Waals surface area (Å²) in [5.41, 5.74) is -0.826. The van der Waals surface area contributed by atoms with Crippen molar-refractivity contribution in [1.29, 1.82) is 0 Å². The number of carboxylic acids is 1. The van der Waals surface area contributed by atoms with Crippen molar-refractivity contribution in [3.63, 3.8) is 0 Å². The maximum atomic E-state index is 14.0. The van der Waals surface area contributed by atoms with E-state index in [9.17, 15) is 17.6 Å². The number of hydrogen-bond donors (Lipinski definition) is 2. The molecule has 0 spiro atoms. The fourth-order valence-electron chi connectivity index (χ4n) is 1.58. The topological polar surface area (TPSA) is 101 Å². The van der Waals surface area contributed by atoms with Gasteiger partial charge in [0.2, 0.25) is 0 Å². The normalized spacial score (nSPS) is 11.4. The minimum Gasteiger partial charge on any atom is -0.478 e. The van der Waals surface area contributed by atoms with Crippen molar-refractivity contribution in [3.05, 3.63) is 40.8 Å². The SMILES string of the molecule is Cn1nccc1NS(=O)(=O)c1cc(Cl)cc(C(=O)O)c1F. The van der Waals surface area contributed by atoms with Gasteiger partial charge in [0.05, 0.1) is 11.8 Å². The molecule has 0 saturated carbocycles. The van der Waals surface area contributed by atoms with E-state index in [0.717, 1.165) is 12.1 Å². The lowest BCUT2D eigenvalue weighted by atomic mass is 10.2. The van der Waals surface area contributed by atoms with Crippen molar-refractivity contribution < 1.29 is 22.7 Å². The maximum absolute atomic E-state index is 14.0. The van der Waals surface area contributed by atoms with Gasteiger partial charge in [0, 0.05) is 18.1 Å². The van der Waals surface area contributed by atoms with E-state index < -0.39 is 32.3 Å². The van der Waals surface area contributed by atoms with Gasteiger partial charge in [0.1, 0.15) is 10.7 Å². The summed E-state index contributed by atoms with van der Waals surface area (Å²) >= 11 is 5.65. The van der Waals surface area contributed by atoms with Crippen LogP contribution in [0.2, 0.25) is 5.02 Å². The second-order valence-corrected chi connectivity index (χ2v) is 6.10. The lowest BCUT2D eigenvalue weighted by molar-refractivity contribution is 0.0691. The van der Waals surface area contributed by atoms with Crippen LogP contribution in [0.4, 0.5) is 10.2 Å². The van der Waals surface area contributed by atoms with Crippen LogP contribution in [0, 0.1) is 5.82 Å². The number of benzene rings is 1. The zero-order valence-corrected chi connectivity index (χ0v) is 12.1. The van der Waals surface area contributed by atoms with Gasteiger partial charge in [-0.25, -0.2) is 17.6 Å². The highest BCUT2D eigenvalue weighted by Crippen LogP contribution is 2.25. The molecule has 0 fully saturated rings. The third-order valence-corrected chi connectivity index (χ3v) is 4.16. The third kappa shape index (κ3) is 2.98. The van der Waals surface area contributed by atoms with E-state index >= 15 is 0 Å². The van der Waals surface area contributed by atoms with Crippen LogP contribution in [0.1, 0.15) is 10.4 Å². The second-order valence-electron chi connectivity index (χ2n) is 4.02. The molecule has 0 aliphatic rings. The predicted octanol–water partition coefficient (Wildman–Crippen LogP) is 1.71. The van der Waals surface area contributed by atoms with Crippen molar-refractivity contribution in [2.75, 3.05) is 4.72 Å². The van der Waals surface area contributed by atoms with Crippen LogP contribution in [-0.2, 0) is 17.1 Å². The summed E-state index contributed by atoms with van der Waals surface area (Å²) in [6.07, 6.45) is 1.34. The summed E-state index contributed by atoms with van der Waals surface area (Å²) in [7, 11) is -2.87. The number of sulfonamides is 1. The molecule has 0 aliphatic heterocycles. The summed E-state index contributed by atoms with van der Waals surface area (Å²) in [6, 6.07) is 3.03. The Balaban J connectivity index is 2.55. The molecule has 0 unspecified atom stereocenters. The second kappa shape index (κ2) is 5.34. The minimum atomic E-state index is -4.35. The quantitative estimate of drug-likeness (QED) is 0.887. The lowest BCUT2D eigenvalue weighted by Gasteiger charge is -2.10. The molecule has 21 heavy (non-hydrogen) atoms. The van der Waals surface area contributed by atoms with Crippen LogP contribution in [0.5, 0.6) is 0 Å². The van der Waals surface area contributed by atoms with Crippen LogP contribution < -0.4 is 4.72 Å². The molecular weight excluding hydrogens is 325 g/mol. The standard InChI is InChI=1S/C11H9ClFN3O4S/c1-16-9(2-3-14-16)15-21(19,20)8-5-6(12)4-7(10(8)13)11(17)18/h2-5,15H,1H3,(H,17,18). The van der Waals surface area contributed by atoms with Gasteiger partial charge in [0.25, 0.3) is 10.0 Å². The Morgan fingerprint density at radius 3 is 2.67 bits per heavy atom. The van der Waals surface area contributed by atoms with E-state index in [2.05, 4.69) is 9.82 Å². The van der Waals surface area contributed by atoms with E-state index in [4.69, 9.17) is 16.7 Å². The number of aromatic nitrogens is 2. The zero-order chi connectivity index (χ0) is 15.8. The largest absolute Gasteiger partial charge is 0.478 e. The van der Waals surface area contributed by atoms with Gasteiger partial charge in [-0.1, -0.05) is 11.6 Å². The minimum absolute atomic E-state index is 0.0891. The molecule has 2 N–H and O–H groups in total. The third-order valence-electron chi connectivity index (χ3n) is 2.58. The maximum Gasteiger partial charge on any atom is 0.338 e. The van der Waals surface area contributed by atoms with Crippen molar-refractivity contribution >= 4 is 33.4 Å². The van der Waals surface area contributed by atoms with Gasteiger partial charge in [0.15, 0.2) is 5.82 Å². The predicted molar refractivity (Wildman–Crippen MR) is 72.4 cm³/mol. The first-order valence-electron chi connectivity index (χ1n) is 5.45. The number of carboxylic acid groups (broad SMARTS) is 1. The number of halogens is 2. The smallest absolute Gasteiger partial charge is 0.338 e. The Morgan fingerprint density at radius 2 is 2.14 bits per heavy atom. The van der Waals surface area contributed by atoms with Crippen molar-refractivity contribution in [3.8, 4) is 0 Å². The van der Waals surface area contributed by atoms with E-state index in [1.807, 2.05) is 0 Å². The molecule has 0 bridgehead atoms. The van der Waals surface area contributed by atoms with Crippen molar-refractivity contribution in [1.82, 2.24) is 9.78 Å². The molecule has 0 saturated heterocycles. The average Bonchev–Trinajstić information content (AvgIpc) is 2.76. The zero-order valence-electron chi connectivity index (χ0n) is 10.5. The molecule has 112 valence electrons. The Morgan fingerprint density at radius 1 is 1.48 bits per heavy atom. The number of nitrogens with one attached hydrogen (secondary N) is 1. The molecule has 0 aliphatic carbocycles. The fourth-order valence-corrected chi connectivity index (χ4v) is 3.08. The highest BCUT2D eigenvalue weighted by Gasteiger charge is 2.25. The Kier molecular flexibility index (Phi) is 3.88. The van der Waals surface area contributed by atoms with E-state index in [0.29, 0.717) is 0 Å². The number of aromatic carboxylic acids is 1. The number of anilines is 1. The highest BCUT2D eigenvalue weighted by atomic mass is 35.5. The summed E-state index contributed by atoms with van der Waals surface area (Å²) < 4.78 is 41.7. The summed E-state index contributed by atoms with van der Waals surface area (Å²) in [5.74, 6) is -2.92. The number of carbonyl (C=O) groups is 1. The van der Waals surface area contributed by atoms with Crippen LogP contribution in [-0.4, -0.2) is 29.3 Å². The molecular formula is C11H9ClFN3O4S. The van der Waals surface area contributed by atoms with Gasteiger partial charge in [-0.05, 0) is 12.1 Å². The average molecular weight is 334 g/mol. The Bertz CT molecular complexity index is 819. The first-order valence-corrected chi connectivity index (χ1v) is 7.31. The molecule has 0 amide bonds. The molecule has 0 radical (unpaired) electrons. The first-order chi connectivity index (χ1) is 9.72. The molecule has 7 nitrogen and oxygen atoms in total. The summed E-state index contributed by atoms with van der Waals surface area (Å²) in [4.78, 5) is 10.0. The molecule has 1 heterocycles. The molecule has 2 aromatic rings. The molecule has 1 aromatic heterocycles. The molecule has 2 rings (SSSR count). The van der Waals surface area contributed by atoms with Gasteiger partial charge in [-0.15, -0.1) is 0 Å². The number of hydrogen-bond acceptors (Lipinski definition) is 4. The Hall–Kier alpha value is -2.13. The van der Waals surface area contributed by atoms with Gasteiger partial charge in [-0.2, -0.15) is 5.10 Å². The van der Waals surface area contributed by atoms with Gasteiger partial charge >= 0.3 is 5.97 Å². The molecule has 0 atom stereocenters. The van der Waals surface area contributed by atoms with Crippen LogP contribution in [0.25, 0.3) is 0 Å². The van der Waals surface area contributed by atoms with Gasteiger partial charge < -0.3 is 5.11 Å². The number of nitrogens with zero attached hydrogens (tertiary/aromatic N) is 2. The molecule has 1 aromatic carbocycles. The number of rotatable bonds is 4. The highest BCUT2D eigenvalue weighted by molar-refractivity contribution is 7.92. The first kappa shape index (κ1) is 15.3. The van der Waals surface area contributed by atoms with E-state index in [1.54, 1.807) is 0 Å². The summed E-state index contributed by atoms with van der Waals surface area (Å²) in [6.45, 7) is 0. The van der Waals surface area contributed by atoms with E-state index in [1.165, 1.54) is 24.0 Å². The van der Waals surface area contributed by atoms with Crippen molar-refractivity contribution in [2.45, 2.75) is 4.90 Å². The van der Waals surface area contributed by atoms with Crippen LogP contribution in [0.15, 0.2) is 29.3 Å². The Labute approximate surface area is 124 Å². The van der Waals surface area contributed by atoms with Crippen molar-refractivity contribution in [2.24, 2.45) is 7.05 Å². The molecule has 10 heteroatoms. The van der Waals surface area contributed by atoms with E-state index in [-0.39, 0.29) is 10.8 Å².